The molecule has 0 aliphatic carbocycles. The van der Waals surface area contributed by atoms with Crippen molar-refractivity contribution < 1.29 is 21.9 Å². The van der Waals surface area contributed by atoms with Crippen molar-refractivity contribution in [3.05, 3.63) is 72.1 Å². The van der Waals surface area contributed by atoms with Crippen molar-refractivity contribution in [3.63, 3.8) is 0 Å². The number of carbonyl (C=O) groups excluding carboxylic acids is 1. The van der Waals surface area contributed by atoms with E-state index in [-0.39, 0.29) is 9.65 Å². The summed E-state index contributed by atoms with van der Waals surface area (Å²) >= 11 is 0. The lowest BCUT2D eigenvalue weighted by Crippen LogP contribution is -2.49. The standard InChI is InChI=1S/C14H10N4O4S/c19-13(11-7-3-1-4-8-11)14-15-17(12-9-5-2-6-10-12)16-18(14)23(20,21)22/h1-10H/p+1. The van der Waals surface area contributed by atoms with Gasteiger partial charge < -0.3 is 0 Å². The second-order valence-corrected chi connectivity index (χ2v) is 5.80. The van der Waals surface area contributed by atoms with Gasteiger partial charge in [-0.25, -0.2) is 0 Å². The first-order chi connectivity index (χ1) is 11.0. The van der Waals surface area contributed by atoms with Crippen molar-refractivity contribution >= 4 is 16.1 Å². The van der Waals surface area contributed by atoms with E-state index in [0.717, 1.165) is 4.80 Å². The molecule has 0 aliphatic heterocycles. The number of benzene rings is 2. The molecule has 116 valence electrons. The van der Waals surface area contributed by atoms with Crippen LogP contribution in [0.4, 0.5) is 0 Å². The van der Waals surface area contributed by atoms with Gasteiger partial charge >= 0.3 is 16.1 Å². The first kappa shape index (κ1) is 15.0. The van der Waals surface area contributed by atoms with Crippen molar-refractivity contribution in [2.75, 3.05) is 0 Å². The fraction of sp³-hybridized carbons (Fsp3) is 0. The Balaban J connectivity index is 2.16. The third kappa shape index (κ3) is 3.00. The Hall–Kier alpha value is -2.91. The number of aromatic nitrogens is 4. The van der Waals surface area contributed by atoms with E-state index in [9.17, 15) is 17.8 Å². The van der Waals surface area contributed by atoms with Gasteiger partial charge in [-0.15, -0.1) is 0 Å². The summed E-state index contributed by atoms with van der Waals surface area (Å²) in [5, 5.41) is 7.56. The molecule has 0 atom stereocenters. The molecule has 3 aromatic rings. The number of hydrogen-bond acceptors (Lipinski definition) is 5. The number of ketones is 1. The van der Waals surface area contributed by atoms with Gasteiger partial charge in [-0.3, -0.25) is 9.35 Å². The fourth-order valence-corrected chi connectivity index (χ4v) is 2.44. The summed E-state index contributed by atoms with van der Waals surface area (Å²) in [6.07, 6.45) is 0. The second kappa shape index (κ2) is 5.71. The Labute approximate surface area is 131 Å². The van der Waals surface area contributed by atoms with E-state index in [1.807, 2.05) is 0 Å². The normalized spacial score (nSPS) is 11.3. The van der Waals surface area contributed by atoms with Crippen molar-refractivity contribution in [1.82, 2.24) is 15.1 Å². The molecule has 1 aromatic heterocycles. The largest absolute Gasteiger partial charge is 0.436 e. The number of tetrazole rings is 1. The zero-order chi connectivity index (χ0) is 16.4. The SMILES string of the molecule is O=C(c1ccccc1)c1nn(-c2ccccc2)n[n+]1S(=O)(=O)O. The van der Waals surface area contributed by atoms with Crippen molar-refractivity contribution in [2.24, 2.45) is 0 Å². The van der Waals surface area contributed by atoms with Gasteiger partial charge in [0.25, 0.3) is 5.78 Å². The molecule has 1 heterocycles. The maximum absolute atomic E-state index is 12.4. The first-order valence-corrected chi connectivity index (χ1v) is 7.89. The third-order valence-electron chi connectivity index (χ3n) is 2.98. The van der Waals surface area contributed by atoms with Gasteiger partial charge in [0, 0.05) is 14.4 Å². The van der Waals surface area contributed by atoms with Crippen LogP contribution in [0.25, 0.3) is 5.69 Å². The van der Waals surface area contributed by atoms with Crippen molar-refractivity contribution in [2.45, 2.75) is 0 Å². The summed E-state index contributed by atoms with van der Waals surface area (Å²) in [6.45, 7) is 0. The highest BCUT2D eigenvalue weighted by molar-refractivity contribution is 7.79. The van der Waals surface area contributed by atoms with Crippen LogP contribution in [-0.2, 0) is 10.3 Å². The summed E-state index contributed by atoms with van der Waals surface area (Å²) in [6, 6.07) is 16.4. The Morgan fingerprint density at radius 3 is 2.13 bits per heavy atom. The molecule has 3 rings (SSSR count). The first-order valence-electron chi connectivity index (χ1n) is 6.49. The average molecular weight is 331 g/mol. The Morgan fingerprint density at radius 1 is 1.00 bits per heavy atom. The zero-order valence-corrected chi connectivity index (χ0v) is 12.5. The molecule has 0 unspecified atom stereocenters. The predicted octanol–water partition coefficient (Wildman–Crippen LogP) is 0.437. The van der Waals surface area contributed by atoms with E-state index in [2.05, 4.69) is 10.3 Å². The molecule has 0 fully saturated rings. The minimum atomic E-state index is -4.77. The highest BCUT2D eigenvalue weighted by Gasteiger charge is 2.34. The van der Waals surface area contributed by atoms with Gasteiger partial charge in [-0.05, 0) is 12.1 Å². The van der Waals surface area contributed by atoms with Crippen LogP contribution in [-0.4, -0.2) is 33.9 Å². The maximum Gasteiger partial charge on any atom is 0.436 e. The lowest BCUT2D eigenvalue weighted by atomic mass is 10.1. The molecule has 0 bridgehead atoms. The van der Waals surface area contributed by atoms with E-state index in [4.69, 9.17) is 0 Å². The molecular formula is C14H11N4O4S+. The highest BCUT2D eigenvalue weighted by atomic mass is 32.2. The van der Waals surface area contributed by atoms with Gasteiger partial charge in [0.1, 0.15) is 0 Å². The molecule has 23 heavy (non-hydrogen) atoms. The second-order valence-electron chi connectivity index (χ2n) is 4.55. The molecule has 0 aliphatic rings. The van der Waals surface area contributed by atoms with Gasteiger partial charge in [0.15, 0.2) is 5.69 Å². The zero-order valence-electron chi connectivity index (χ0n) is 11.6. The van der Waals surface area contributed by atoms with E-state index in [1.165, 1.54) is 12.1 Å². The smallest absolute Gasteiger partial charge is 0.281 e. The van der Waals surface area contributed by atoms with Gasteiger partial charge in [0.2, 0.25) is 0 Å². The van der Waals surface area contributed by atoms with E-state index >= 15 is 0 Å². The quantitative estimate of drug-likeness (QED) is 0.422. The van der Waals surface area contributed by atoms with Crippen LogP contribution in [0.15, 0.2) is 60.7 Å². The van der Waals surface area contributed by atoms with E-state index in [0.29, 0.717) is 5.69 Å². The molecule has 0 saturated carbocycles. The number of rotatable bonds is 4. The highest BCUT2D eigenvalue weighted by Crippen LogP contribution is 2.07. The summed E-state index contributed by atoms with van der Waals surface area (Å²) in [4.78, 5) is 13.4. The Kier molecular flexibility index (Phi) is 3.72. The molecule has 1 N–H and O–H groups in total. The van der Waals surface area contributed by atoms with Crippen LogP contribution in [0.2, 0.25) is 0 Å². The lowest BCUT2D eigenvalue weighted by molar-refractivity contribution is -0.591. The van der Waals surface area contributed by atoms with E-state index in [1.54, 1.807) is 48.5 Å². The Morgan fingerprint density at radius 2 is 1.57 bits per heavy atom. The molecule has 0 amide bonds. The fourth-order valence-electron chi connectivity index (χ4n) is 1.94. The van der Waals surface area contributed by atoms with Crippen LogP contribution in [0, 0.1) is 0 Å². The summed E-state index contributed by atoms with van der Waals surface area (Å²) in [5.41, 5.74) is 0.669. The number of carbonyl (C=O) groups is 1. The van der Waals surface area contributed by atoms with Gasteiger partial charge in [-0.1, -0.05) is 48.5 Å². The molecular weight excluding hydrogens is 320 g/mol. The monoisotopic (exact) mass is 331 g/mol. The molecule has 0 radical (unpaired) electrons. The van der Waals surface area contributed by atoms with Crippen LogP contribution >= 0.6 is 0 Å². The van der Waals surface area contributed by atoms with Crippen molar-refractivity contribution in [3.8, 4) is 5.69 Å². The number of hydrogen-bond donors (Lipinski definition) is 1. The third-order valence-corrected chi connectivity index (χ3v) is 3.66. The Bertz CT molecular complexity index is 953. The summed E-state index contributed by atoms with van der Waals surface area (Å²) in [5.74, 6) is -1.19. The van der Waals surface area contributed by atoms with Crippen LogP contribution in [0.3, 0.4) is 0 Å². The molecule has 0 spiro atoms. The molecule has 8 nitrogen and oxygen atoms in total. The molecule has 2 aromatic carbocycles. The number of nitrogens with zero attached hydrogens (tertiary/aromatic N) is 4. The average Bonchev–Trinajstić information content (AvgIpc) is 3.01. The van der Waals surface area contributed by atoms with Crippen LogP contribution < -0.4 is 4.09 Å². The minimum absolute atomic E-state index is 0.204. The molecule has 9 heteroatoms. The maximum atomic E-state index is 12.4. The predicted molar refractivity (Wildman–Crippen MR) is 78.4 cm³/mol. The molecule has 0 saturated heterocycles. The summed E-state index contributed by atoms with van der Waals surface area (Å²) in [7, 11) is -4.77. The number of para-hydroxylation sites is 1. The van der Waals surface area contributed by atoms with Gasteiger partial charge in [0.05, 0.1) is 10.3 Å². The summed E-state index contributed by atoms with van der Waals surface area (Å²) < 4.78 is 32.5. The lowest BCUT2D eigenvalue weighted by Gasteiger charge is -1.94. The van der Waals surface area contributed by atoms with Crippen LogP contribution in [0.1, 0.15) is 16.2 Å². The van der Waals surface area contributed by atoms with Crippen molar-refractivity contribution in [1.29, 1.82) is 0 Å². The van der Waals surface area contributed by atoms with Crippen LogP contribution in [0.5, 0.6) is 0 Å². The van der Waals surface area contributed by atoms with Gasteiger partial charge in [-0.2, -0.15) is 8.42 Å². The van der Waals surface area contributed by atoms with E-state index < -0.39 is 21.9 Å². The topological polar surface area (TPSA) is 106 Å². The minimum Gasteiger partial charge on any atom is -0.281 e.